The van der Waals surface area contributed by atoms with Crippen LogP contribution in [0.1, 0.15) is 37.0 Å². The van der Waals surface area contributed by atoms with Crippen molar-refractivity contribution in [2.45, 2.75) is 51.6 Å². The maximum atomic E-state index is 13.8. The fraction of sp³-hybridized carbons (Fsp3) is 0.310. The summed E-state index contributed by atoms with van der Waals surface area (Å²) >= 11 is 5.98. The monoisotopic (exact) mass is 555 g/mol. The van der Waals surface area contributed by atoms with Gasteiger partial charge in [-0.05, 0) is 69.2 Å². The summed E-state index contributed by atoms with van der Waals surface area (Å²) in [5, 5.41) is 3.24. The predicted molar refractivity (Wildman–Crippen MR) is 152 cm³/mol. The van der Waals surface area contributed by atoms with Crippen LogP contribution in [0.2, 0.25) is 5.02 Å². The number of aryl methyl sites for hydroxylation is 2. The Bertz CT molecular complexity index is 1340. The van der Waals surface area contributed by atoms with Crippen LogP contribution in [-0.2, 0) is 26.2 Å². The van der Waals surface area contributed by atoms with Crippen LogP contribution in [0.4, 0.5) is 5.69 Å². The molecule has 2 amide bonds. The Morgan fingerprint density at radius 1 is 0.895 bits per heavy atom. The lowest BCUT2D eigenvalue weighted by Crippen LogP contribution is -2.51. The highest BCUT2D eigenvalue weighted by Gasteiger charge is 2.32. The molecule has 7 nitrogen and oxygen atoms in total. The molecule has 0 aliphatic rings. The lowest BCUT2D eigenvalue weighted by Gasteiger charge is -2.32. The maximum Gasteiger partial charge on any atom is 0.264 e. The van der Waals surface area contributed by atoms with Gasteiger partial charge in [-0.15, -0.1) is 0 Å². The van der Waals surface area contributed by atoms with Crippen molar-refractivity contribution in [2.75, 3.05) is 17.4 Å². The van der Waals surface area contributed by atoms with Gasteiger partial charge < -0.3 is 10.2 Å². The molecule has 0 saturated heterocycles. The minimum atomic E-state index is -4.12. The number of nitrogens with zero attached hydrogens (tertiary/aromatic N) is 2. The normalized spacial score (nSPS) is 12.0. The molecule has 0 saturated carbocycles. The second-order valence-electron chi connectivity index (χ2n) is 9.28. The van der Waals surface area contributed by atoms with E-state index in [1.165, 1.54) is 29.2 Å². The molecule has 0 unspecified atom stereocenters. The summed E-state index contributed by atoms with van der Waals surface area (Å²) in [5.74, 6) is -0.794. The maximum absolute atomic E-state index is 13.8. The summed E-state index contributed by atoms with van der Waals surface area (Å²) in [5.41, 5.74) is 3.20. The van der Waals surface area contributed by atoms with E-state index in [2.05, 4.69) is 5.32 Å². The molecule has 38 heavy (non-hydrogen) atoms. The average molecular weight is 556 g/mol. The van der Waals surface area contributed by atoms with Gasteiger partial charge in [0.25, 0.3) is 10.0 Å². The fourth-order valence-electron chi connectivity index (χ4n) is 3.84. The number of carbonyl (C=O) groups is 2. The Morgan fingerprint density at radius 2 is 1.45 bits per heavy atom. The molecule has 0 aliphatic carbocycles. The predicted octanol–water partition coefficient (Wildman–Crippen LogP) is 5.10. The number of sulfonamides is 1. The Labute approximate surface area is 230 Å². The lowest BCUT2D eigenvalue weighted by molar-refractivity contribution is -0.139. The number of rotatable bonds is 11. The van der Waals surface area contributed by atoms with Gasteiger partial charge in [0.15, 0.2) is 0 Å². The number of amides is 2. The average Bonchev–Trinajstić information content (AvgIpc) is 2.90. The lowest BCUT2D eigenvalue weighted by atomic mass is 10.1. The van der Waals surface area contributed by atoms with Crippen molar-refractivity contribution < 1.29 is 18.0 Å². The van der Waals surface area contributed by atoms with Crippen LogP contribution >= 0.6 is 11.6 Å². The number of nitrogens with one attached hydrogen (secondary N) is 1. The molecule has 0 bridgehead atoms. The quantitative estimate of drug-likeness (QED) is 0.357. The Morgan fingerprint density at radius 3 is 2.00 bits per heavy atom. The Kier molecular flexibility index (Phi) is 9.94. The zero-order valence-electron chi connectivity index (χ0n) is 22.1. The van der Waals surface area contributed by atoms with Crippen LogP contribution in [-0.4, -0.2) is 44.3 Å². The molecule has 0 aliphatic heterocycles. The van der Waals surface area contributed by atoms with Crippen molar-refractivity contribution in [2.24, 2.45) is 0 Å². The van der Waals surface area contributed by atoms with Gasteiger partial charge >= 0.3 is 0 Å². The van der Waals surface area contributed by atoms with E-state index in [4.69, 9.17) is 11.6 Å². The van der Waals surface area contributed by atoms with E-state index in [0.29, 0.717) is 17.3 Å². The molecule has 0 heterocycles. The summed E-state index contributed by atoms with van der Waals surface area (Å²) in [7, 11) is -4.12. The van der Waals surface area contributed by atoms with Crippen molar-refractivity contribution in [1.82, 2.24) is 10.2 Å². The van der Waals surface area contributed by atoms with Gasteiger partial charge in [0, 0.05) is 18.1 Å². The van der Waals surface area contributed by atoms with Crippen LogP contribution in [0.3, 0.4) is 0 Å². The Hall–Kier alpha value is -3.36. The molecule has 0 radical (unpaired) electrons. The van der Waals surface area contributed by atoms with Gasteiger partial charge in [-0.1, -0.05) is 66.0 Å². The fourth-order valence-corrected chi connectivity index (χ4v) is 5.38. The van der Waals surface area contributed by atoms with Gasteiger partial charge in [0.1, 0.15) is 12.6 Å². The molecule has 9 heteroatoms. The third-order valence-electron chi connectivity index (χ3n) is 6.19. The topological polar surface area (TPSA) is 86.8 Å². The molecule has 1 N–H and O–H groups in total. The number of halogens is 1. The molecule has 1 atom stereocenters. The second-order valence-corrected chi connectivity index (χ2v) is 11.6. The van der Waals surface area contributed by atoms with Crippen molar-refractivity contribution in [3.63, 3.8) is 0 Å². The van der Waals surface area contributed by atoms with E-state index in [0.717, 1.165) is 27.4 Å². The molecule has 0 fully saturated rings. The largest absolute Gasteiger partial charge is 0.354 e. The highest BCUT2D eigenvalue weighted by molar-refractivity contribution is 7.92. The molecule has 3 aromatic rings. The first-order chi connectivity index (χ1) is 18.0. The minimum absolute atomic E-state index is 0.00842. The third kappa shape index (κ3) is 7.36. The standard InChI is InChI=1S/C29H34ClN3O4S/c1-5-18-31-29(35)23(4)32(19-24-10-6-21(2)7-11-24)28(34)20-33(26-14-8-22(3)9-15-26)38(36,37)27-16-12-25(30)13-17-27/h6-17,23H,5,18-20H2,1-4H3,(H,31,35)/t23-/m1/s1. The van der Waals surface area contributed by atoms with Crippen molar-refractivity contribution in [3.8, 4) is 0 Å². The first kappa shape index (κ1) is 29.2. The van der Waals surface area contributed by atoms with E-state index < -0.39 is 28.5 Å². The van der Waals surface area contributed by atoms with Gasteiger partial charge in [-0.2, -0.15) is 0 Å². The first-order valence-electron chi connectivity index (χ1n) is 12.5. The van der Waals surface area contributed by atoms with Crippen LogP contribution in [0, 0.1) is 13.8 Å². The van der Waals surface area contributed by atoms with Gasteiger partial charge in [0.05, 0.1) is 10.6 Å². The van der Waals surface area contributed by atoms with E-state index >= 15 is 0 Å². The summed E-state index contributed by atoms with van der Waals surface area (Å²) < 4.78 is 28.6. The highest BCUT2D eigenvalue weighted by Crippen LogP contribution is 2.26. The van der Waals surface area contributed by atoms with Gasteiger partial charge in [-0.25, -0.2) is 8.42 Å². The highest BCUT2D eigenvalue weighted by atomic mass is 35.5. The van der Waals surface area contributed by atoms with E-state index in [1.807, 2.05) is 45.0 Å². The molecule has 3 aromatic carbocycles. The van der Waals surface area contributed by atoms with E-state index in [9.17, 15) is 18.0 Å². The number of hydrogen-bond acceptors (Lipinski definition) is 4. The number of hydrogen-bond donors (Lipinski definition) is 1. The summed E-state index contributed by atoms with van der Waals surface area (Å²) in [6, 6.07) is 19.6. The summed E-state index contributed by atoms with van der Waals surface area (Å²) in [6.45, 7) is 7.62. The first-order valence-corrected chi connectivity index (χ1v) is 14.3. The van der Waals surface area contributed by atoms with Crippen LogP contribution in [0.5, 0.6) is 0 Å². The molecule has 0 aromatic heterocycles. The van der Waals surface area contributed by atoms with Crippen molar-refractivity contribution in [1.29, 1.82) is 0 Å². The number of benzene rings is 3. The Balaban J connectivity index is 2.00. The van der Waals surface area contributed by atoms with Crippen LogP contribution in [0.15, 0.2) is 77.7 Å². The van der Waals surface area contributed by atoms with Crippen LogP contribution in [0.25, 0.3) is 0 Å². The zero-order valence-corrected chi connectivity index (χ0v) is 23.7. The zero-order chi connectivity index (χ0) is 27.9. The number of carbonyl (C=O) groups excluding carboxylic acids is 2. The number of anilines is 1. The molecular weight excluding hydrogens is 522 g/mol. The van der Waals surface area contributed by atoms with Crippen LogP contribution < -0.4 is 9.62 Å². The van der Waals surface area contributed by atoms with E-state index in [-0.39, 0.29) is 17.3 Å². The molecule has 3 rings (SSSR count). The molecule has 202 valence electrons. The molecular formula is C29H34ClN3O4S. The van der Waals surface area contributed by atoms with Crippen molar-refractivity contribution >= 4 is 39.1 Å². The smallest absolute Gasteiger partial charge is 0.264 e. The third-order valence-corrected chi connectivity index (χ3v) is 8.23. The summed E-state index contributed by atoms with van der Waals surface area (Å²) in [6.07, 6.45) is 0.755. The second kappa shape index (κ2) is 12.9. The van der Waals surface area contributed by atoms with Gasteiger partial charge in [-0.3, -0.25) is 13.9 Å². The molecule has 0 spiro atoms. The SMILES string of the molecule is CCCNC(=O)[C@@H](C)N(Cc1ccc(C)cc1)C(=O)CN(c1ccc(C)cc1)S(=O)(=O)c1ccc(Cl)cc1. The van der Waals surface area contributed by atoms with Gasteiger partial charge in [0.2, 0.25) is 11.8 Å². The summed E-state index contributed by atoms with van der Waals surface area (Å²) in [4.78, 5) is 28.2. The van der Waals surface area contributed by atoms with E-state index in [1.54, 1.807) is 31.2 Å². The minimum Gasteiger partial charge on any atom is -0.354 e. The van der Waals surface area contributed by atoms with Crippen molar-refractivity contribution in [3.05, 3.63) is 94.5 Å².